The van der Waals surface area contributed by atoms with Crippen LogP contribution in [0.1, 0.15) is 47.6 Å². The van der Waals surface area contributed by atoms with Crippen LogP contribution in [0, 0.1) is 0 Å². The molecular formula is C27H28Cl2N2O. The van der Waals surface area contributed by atoms with Crippen molar-refractivity contribution < 1.29 is 4.79 Å². The SMILES string of the molecule is CN(C)C1(C(NC(=O)c2cc(Cl)ccc2-c2cccc(Cl)c2)c2ccccc2)CCCC1. The van der Waals surface area contributed by atoms with Gasteiger partial charge in [-0.3, -0.25) is 4.79 Å². The topological polar surface area (TPSA) is 32.3 Å². The molecule has 32 heavy (non-hydrogen) atoms. The normalized spacial score (nSPS) is 16.2. The number of amides is 1. The molecule has 1 amide bonds. The molecule has 3 nitrogen and oxygen atoms in total. The van der Waals surface area contributed by atoms with Gasteiger partial charge in [-0.1, -0.05) is 84.6 Å². The number of rotatable bonds is 6. The first-order chi connectivity index (χ1) is 15.4. The summed E-state index contributed by atoms with van der Waals surface area (Å²) in [7, 11) is 4.23. The highest BCUT2D eigenvalue weighted by Gasteiger charge is 2.44. The van der Waals surface area contributed by atoms with E-state index in [0.29, 0.717) is 15.6 Å². The van der Waals surface area contributed by atoms with Crippen molar-refractivity contribution >= 4 is 29.1 Å². The predicted octanol–water partition coefficient (Wildman–Crippen LogP) is 7.01. The Hall–Kier alpha value is -2.33. The second-order valence-corrected chi connectivity index (χ2v) is 9.60. The summed E-state index contributed by atoms with van der Waals surface area (Å²) in [6.07, 6.45) is 4.39. The van der Waals surface area contributed by atoms with E-state index < -0.39 is 0 Å². The van der Waals surface area contributed by atoms with Crippen LogP contribution in [0.25, 0.3) is 11.1 Å². The minimum atomic E-state index is -0.139. The van der Waals surface area contributed by atoms with Crippen LogP contribution in [-0.4, -0.2) is 30.4 Å². The maximum atomic E-state index is 13.8. The smallest absolute Gasteiger partial charge is 0.252 e. The van der Waals surface area contributed by atoms with Crippen LogP contribution in [0.2, 0.25) is 10.0 Å². The lowest BCUT2D eigenvalue weighted by atomic mass is 9.82. The van der Waals surface area contributed by atoms with Gasteiger partial charge < -0.3 is 10.2 Å². The molecule has 0 heterocycles. The summed E-state index contributed by atoms with van der Waals surface area (Å²) in [6, 6.07) is 23.1. The van der Waals surface area contributed by atoms with Gasteiger partial charge in [-0.15, -0.1) is 0 Å². The fourth-order valence-corrected chi connectivity index (χ4v) is 5.34. The summed E-state index contributed by atoms with van der Waals surface area (Å²) >= 11 is 12.6. The third-order valence-corrected chi connectivity index (χ3v) is 7.14. The minimum absolute atomic E-state index is 0.133. The molecule has 0 aromatic heterocycles. The summed E-state index contributed by atoms with van der Waals surface area (Å²) in [5.41, 5.74) is 3.23. The summed E-state index contributed by atoms with van der Waals surface area (Å²) < 4.78 is 0. The highest BCUT2D eigenvalue weighted by atomic mass is 35.5. The third-order valence-electron chi connectivity index (χ3n) is 6.67. The van der Waals surface area contributed by atoms with E-state index in [1.54, 1.807) is 6.07 Å². The van der Waals surface area contributed by atoms with Gasteiger partial charge in [0.1, 0.15) is 0 Å². The van der Waals surface area contributed by atoms with E-state index >= 15 is 0 Å². The van der Waals surface area contributed by atoms with Gasteiger partial charge in [-0.25, -0.2) is 0 Å². The highest BCUT2D eigenvalue weighted by Crippen LogP contribution is 2.43. The lowest BCUT2D eigenvalue weighted by molar-refractivity contribution is 0.0767. The highest BCUT2D eigenvalue weighted by molar-refractivity contribution is 6.31. The monoisotopic (exact) mass is 466 g/mol. The molecule has 0 saturated heterocycles. The van der Waals surface area contributed by atoms with Crippen molar-refractivity contribution in [3.8, 4) is 11.1 Å². The third kappa shape index (κ3) is 4.56. The van der Waals surface area contributed by atoms with Crippen molar-refractivity contribution in [2.24, 2.45) is 0 Å². The van der Waals surface area contributed by atoms with Crippen LogP contribution < -0.4 is 5.32 Å². The fourth-order valence-electron chi connectivity index (χ4n) is 4.98. The summed E-state index contributed by atoms with van der Waals surface area (Å²) in [6.45, 7) is 0. The molecule has 5 heteroatoms. The number of halogens is 2. The van der Waals surface area contributed by atoms with Gasteiger partial charge in [0.05, 0.1) is 6.04 Å². The first kappa shape index (κ1) is 22.8. The first-order valence-corrected chi connectivity index (χ1v) is 11.7. The molecule has 0 radical (unpaired) electrons. The molecule has 0 spiro atoms. The number of hydrogen-bond donors (Lipinski definition) is 1. The molecule has 4 rings (SSSR count). The van der Waals surface area contributed by atoms with E-state index in [4.69, 9.17) is 23.2 Å². The zero-order valence-electron chi connectivity index (χ0n) is 18.4. The summed E-state index contributed by atoms with van der Waals surface area (Å²) in [5.74, 6) is -0.135. The molecule has 0 aliphatic heterocycles. The Bertz CT molecular complexity index is 1090. The van der Waals surface area contributed by atoms with E-state index in [9.17, 15) is 4.79 Å². The molecule has 1 aliphatic rings. The van der Waals surface area contributed by atoms with Crippen molar-refractivity contribution in [2.45, 2.75) is 37.3 Å². The number of likely N-dealkylation sites (N-methyl/N-ethyl adjacent to an activating group) is 1. The maximum absolute atomic E-state index is 13.8. The van der Waals surface area contributed by atoms with Gasteiger partial charge >= 0.3 is 0 Å². The fraction of sp³-hybridized carbons (Fsp3) is 0.296. The van der Waals surface area contributed by atoms with Crippen LogP contribution in [0.3, 0.4) is 0 Å². The van der Waals surface area contributed by atoms with Gasteiger partial charge in [0.25, 0.3) is 5.91 Å². The first-order valence-electron chi connectivity index (χ1n) is 11.0. The van der Waals surface area contributed by atoms with E-state index in [-0.39, 0.29) is 17.5 Å². The van der Waals surface area contributed by atoms with E-state index in [1.807, 2.05) is 54.6 Å². The molecular weight excluding hydrogens is 439 g/mol. The minimum Gasteiger partial charge on any atom is -0.343 e. The van der Waals surface area contributed by atoms with Crippen LogP contribution in [0.4, 0.5) is 0 Å². The van der Waals surface area contributed by atoms with Crippen molar-refractivity contribution in [2.75, 3.05) is 14.1 Å². The van der Waals surface area contributed by atoms with Crippen LogP contribution in [0.15, 0.2) is 72.8 Å². The Morgan fingerprint density at radius 2 is 1.59 bits per heavy atom. The maximum Gasteiger partial charge on any atom is 0.252 e. The number of benzene rings is 3. The van der Waals surface area contributed by atoms with E-state index in [0.717, 1.165) is 42.4 Å². The lowest BCUT2D eigenvalue weighted by Gasteiger charge is -2.44. The standard InChI is InChI=1S/C27H28Cl2N2O/c1-31(2)27(15-6-7-16-27)25(19-9-4-3-5-10-19)30-26(32)24-18-22(29)13-14-23(24)20-11-8-12-21(28)17-20/h3-5,8-14,17-18,25H,6-7,15-16H2,1-2H3,(H,30,32). The molecule has 1 N–H and O–H groups in total. The van der Waals surface area contributed by atoms with Crippen molar-refractivity contribution in [1.29, 1.82) is 0 Å². The van der Waals surface area contributed by atoms with Crippen molar-refractivity contribution in [1.82, 2.24) is 10.2 Å². The quantitative estimate of drug-likeness (QED) is 0.423. The van der Waals surface area contributed by atoms with Crippen LogP contribution in [-0.2, 0) is 0 Å². The predicted molar refractivity (Wildman–Crippen MR) is 133 cm³/mol. The Morgan fingerprint density at radius 1 is 0.906 bits per heavy atom. The second kappa shape index (κ2) is 9.66. The van der Waals surface area contributed by atoms with Gasteiger partial charge in [-0.05, 0) is 67.9 Å². The Kier molecular flexibility index (Phi) is 6.90. The Labute approximate surface area is 200 Å². The number of nitrogens with zero attached hydrogens (tertiary/aromatic N) is 1. The van der Waals surface area contributed by atoms with Gasteiger partial charge in [0.15, 0.2) is 0 Å². The lowest BCUT2D eigenvalue weighted by Crippen LogP contribution is -2.53. The molecule has 0 bridgehead atoms. The Balaban J connectivity index is 1.76. The Morgan fingerprint density at radius 3 is 2.25 bits per heavy atom. The van der Waals surface area contributed by atoms with Crippen molar-refractivity contribution in [3.63, 3.8) is 0 Å². The molecule has 1 atom stereocenters. The summed E-state index contributed by atoms with van der Waals surface area (Å²) in [4.78, 5) is 16.0. The van der Waals surface area contributed by atoms with Crippen LogP contribution >= 0.6 is 23.2 Å². The van der Waals surface area contributed by atoms with Crippen LogP contribution in [0.5, 0.6) is 0 Å². The second-order valence-electron chi connectivity index (χ2n) is 8.72. The van der Waals surface area contributed by atoms with Crippen molar-refractivity contribution in [3.05, 3.63) is 94.0 Å². The molecule has 1 saturated carbocycles. The molecule has 166 valence electrons. The zero-order valence-corrected chi connectivity index (χ0v) is 20.0. The molecule has 1 aliphatic carbocycles. The molecule has 1 fully saturated rings. The largest absolute Gasteiger partial charge is 0.343 e. The average Bonchev–Trinajstić information content (AvgIpc) is 3.29. The zero-order chi connectivity index (χ0) is 22.7. The molecule has 1 unspecified atom stereocenters. The van der Waals surface area contributed by atoms with E-state index in [2.05, 4.69) is 36.4 Å². The average molecular weight is 467 g/mol. The van der Waals surface area contributed by atoms with Gasteiger partial charge in [0.2, 0.25) is 0 Å². The summed E-state index contributed by atoms with van der Waals surface area (Å²) in [5, 5.41) is 4.55. The van der Waals surface area contributed by atoms with E-state index in [1.165, 1.54) is 0 Å². The molecule has 3 aromatic carbocycles. The number of carbonyl (C=O) groups is 1. The van der Waals surface area contributed by atoms with Gasteiger partial charge in [0, 0.05) is 21.1 Å². The number of carbonyl (C=O) groups excluding carboxylic acids is 1. The molecule has 3 aromatic rings. The number of nitrogens with one attached hydrogen (secondary N) is 1. The van der Waals surface area contributed by atoms with Gasteiger partial charge in [-0.2, -0.15) is 0 Å². The number of hydrogen-bond acceptors (Lipinski definition) is 2.